The monoisotopic (exact) mass is 470 g/mol. The molecule has 1 heterocycles. The molecule has 1 amide bonds. The normalized spacial score (nSPS) is 14.1. The lowest BCUT2D eigenvalue weighted by Crippen LogP contribution is -2.26. The number of fused-ring (bicyclic) bond motifs is 1. The van der Waals surface area contributed by atoms with E-state index in [0.717, 1.165) is 24.1 Å². The molecule has 4 rings (SSSR count). The van der Waals surface area contributed by atoms with Crippen molar-refractivity contribution in [2.45, 2.75) is 24.3 Å². The molecule has 1 aliphatic heterocycles. The summed E-state index contributed by atoms with van der Waals surface area (Å²) in [7, 11) is -3.88. The molecular formula is C24H23FN2O5S. The van der Waals surface area contributed by atoms with Crippen LogP contribution in [0.5, 0.6) is 11.5 Å². The van der Waals surface area contributed by atoms with E-state index in [1.165, 1.54) is 36.4 Å². The first-order valence-corrected chi connectivity index (χ1v) is 11.9. The molecule has 7 nitrogen and oxygen atoms in total. The predicted molar refractivity (Wildman–Crippen MR) is 122 cm³/mol. The minimum atomic E-state index is -3.88. The molecule has 33 heavy (non-hydrogen) atoms. The number of hydrogen-bond donors (Lipinski definition) is 2. The number of amides is 1. The third-order valence-corrected chi connectivity index (χ3v) is 6.54. The average Bonchev–Trinajstić information content (AvgIpc) is 3.05. The van der Waals surface area contributed by atoms with Crippen LogP contribution in [0.25, 0.3) is 0 Å². The third-order valence-electron chi connectivity index (χ3n) is 5.14. The van der Waals surface area contributed by atoms with E-state index in [-0.39, 0.29) is 22.5 Å². The highest BCUT2D eigenvalue weighted by Gasteiger charge is 2.18. The molecule has 1 unspecified atom stereocenters. The molecule has 3 aromatic rings. The van der Waals surface area contributed by atoms with Crippen molar-refractivity contribution < 1.29 is 27.1 Å². The van der Waals surface area contributed by atoms with E-state index in [4.69, 9.17) is 9.47 Å². The molecule has 172 valence electrons. The molecule has 0 aliphatic carbocycles. The minimum Gasteiger partial charge on any atom is -0.490 e. The number of hydrogen-bond acceptors (Lipinski definition) is 5. The van der Waals surface area contributed by atoms with Gasteiger partial charge in [0.15, 0.2) is 11.5 Å². The third kappa shape index (κ3) is 5.43. The van der Waals surface area contributed by atoms with Gasteiger partial charge in [0, 0.05) is 17.7 Å². The van der Waals surface area contributed by atoms with Crippen molar-refractivity contribution in [3.63, 3.8) is 0 Å². The van der Waals surface area contributed by atoms with Gasteiger partial charge in [0.25, 0.3) is 15.9 Å². The Morgan fingerprint density at radius 3 is 2.30 bits per heavy atom. The van der Waals surface area contributed by atoms with Crippen LogP contribution >= 0.6 is 0 Å². The summed E-state index contributed by atoms with van der Waals surface area (Å²) >= 11 is 0. The van der Waals surface area contributed by atoms with Gasteiger partial charge in [-0.3, -0.25) is 9.52 Å². The van der Waals surface area contributed by atoms with Gasteiger partial charge in [0.05, 0.1) is 24.2 Å². The lowest BCUT2D eigenvalue weighted by Gasteiger charge is -2.17. The van der Waals surface area contributed by atoms with Crippen molar-refractivity contribution in [1.29, 1.82) is 0 Å². The topological polar surface area (TPSA) is 93.7 Å². The van der Waals surface area contributed by atoms with Gasteiger partial charge in [-0.2, -0.15) is 0 Å². The Hall–Kier alpha value is -3.59. The van der Waals surface area contributed by atoms with Gasteiger partial charge in [0.1, 0.15) is 5.82 Å². The molecule has 0 bridgehead atoms. The van der Waals surface area contributed by atoms with Crippen molar-refractivity contribution in [2.24, 2.45) is 0 Å². The van der Waals surface area contributed by atoms with Crippen LogP contribution < -0.4 is 19.5 Å². The Kier molecular flexibility index (Phi) is 6.50. The van der Waals surface area contributed by atoms with Crippen molar-refractivity contribution in [2.75, 3.05) is 17.9 Å². The molecule has 0 saturated carbocycles. The molecular weight excluding hydrogens is 447 g/mol. The van der Waals surface area contributed by atoms with Crippen LogP contribution in [0.1, 0.15) is 35.3 Å². The number of anilines is 1. The van der Waals surface area contributed by atoms with E-state index in [0.29, 0.717) is 30.3 Å². The second-order valence-electron chi connectivity index (χ2n) is 7.59. The molecule has 1 aliphatic rings. The lowest BCUT2D eigenvalue weighted by molar-refractivity contribution is 0.0939. The number of benzene rings is 3. The largest absolute Gasteiger partial charge is 0.490 e. The number of carbonyl (C=O) groups is 1. The van der Waals surface area contributed by atoms with Crippen LogP contribution in [0.3, 0.4) is 0 Å². The number of carbonyl (C=O) groups excluding carboxylic acids is 1. The summed E-state index contributed by atoms with van der Waals surface area (Å²) in [5.74, 6) is 0.523. The van der Waals surface area contributed by atoms with E-state index in [9.17, 15) is 17.6 Å². The van der Waals surface area contributed by atoms with Crippen LogP contribution in [0, 0.1) is 5.82 Å². The minimum absolute atomic E-state index is 0.0145. The fourth-order valence-corrected chi connectivity index (χ4v) is 4.39. The van der Waals surface area contributed by atoms with E-state index in [1.807, 2.05) is 25.1 Å². The SMILES string of the molecule is CC(NC(=O)c1ccc(S(=O)(=O)Nc2ccc(F)cc2)cc1)c1ccc2c(c1)OCCCO2. The second kappa shape index (κ2) is 9.50. The number of ether oxygens (including phenoxy) is 2. The molecule has 0 fully saturated rings. The number of sulfonamides is 1. The van der Waals surface area contributed by atoms with Crippen molar-refractivity contribution >= 4 is 21.6 Å². The van der Waals surface area contributed by atoms with E-state index >= 15 is 0 Å². The molecule has 3 aromatic carbocycles. The zero-order valence-electron chi connectivity index (χ0n) is 17.9. The summed E-state index contributed by atoms with van der Waals surface area (Å²) in [5.41, 5.74) is 1.41. The van der Waals surface area contributed by atoms with E-state index in [2.05, 4.69) is 10.0 Å². The Morgan fingerprint density at radius 2 is 1.61 bits per heavy atom. The first-order chi connectivity index (χ1) is 15.8. The van der Waals surface area contributed by atoms with Crippen molar-refractivity contribution in [1.82, 2.24) is 5.32 Å². The number of rotatable bonds is 6. The van der Waals surface area contributed by atoms with Gasteiger partial charge < -0.3 is 14.8 Å². The summed E-state index contributed by atoms with van der Waals surface area (Å²) in [6.07, 6.45) is 0.807. The molecule has 2 N–H and O–H groups in total. The molecule has 9 heteroatoms. The van der Waals surface area contributed by atoms with E-state index < -0.39 is 15.8 Å². The van der Waals surface area contributed by atoms with E-state index in [1.54, 1.807) is 0 Å². The maximum absolute atomic E-state index is 13.0. The Morgan fingerprint density at radius 1 is 0.939 bits per heavy atom. The molecule has 0 spiro atoms. The maximum Gasteiger partial charge on any atom is 0.261 e. The van der Waals surface area contributed by atoms with Gasteiger partial charge in [0.2, 0.25) is 0 Å². The summed E-state index contributed by atoms with van der Waals surface area (Å²) in [6, 6.07) is 15.8. The highest BCUT2D eigenvalue weighted by molar-refractivity contribution is 7.92. The highest BCUT2D eigenvalue weighted by Crippen LogP contribution is 2.32. The first kappa shape index (κ1) is 22.6. The van der Waals surface area contributed by atoms with Crippen LogP contribution in [0.15, 0.2) is 71.6 Å². The fourth-order valence-electron chi connectivity index (χ4n) is 3.33. The average molecular weight is 471 g/mol. The second-order valence-corrected chi connectivity index (χ2v) is 9.27. The summed E-state index contributed by atoms with van der Waals surface area (Å²) < 4.78 is 51.8. The quantitative estimate of drug-likeness (QED) is 0.561. The molecule has 0 radical (unpaired) electrons. The summed E-state index contributed by atoms with van der Waals surface area (Å²) in [5, 5.41) is 2.90. The Labute approximate surface area is 191 Å². The van der Waals surface area contributed by atoms with Gasteiger partial charge in [-0.05, 0) is 73.2 Å². The van der Waals surface area contributed by atoms with Crippen LogP contribution in [-0.4, -0.2) is 27.5 Å². The predicted octanol–water partition coefficient (Wildman–Crippen LogP) is 4.28. The van der Waals surface area contributed by atoms with Crippen LogP contribution in [-0.2, 0) is 10.0 Å². The zero-order valence-corrected chi connectivity index (χ0v) is 18.7. The molecule has 0 aromatic heterocycles. The summed E-state index contributed by atoms with van der Waals surface area (Å²) in [4.78, 5) is 12.7. The Balaban J connectivity index is 1.42. The zero-order chi connectivity index (χ0) is 23.4. The van der Waals surface area contributed by atoms with Crippen molar-refractivity contribution in [3.05, 3.63) is 83.7 Å². The van der Waals surface area contributed by atoms with Crippen LogP contribution in [0.2, 0.25) is 0 Å². The van der Waals surface area contributed by atoms with Gasteiger partial charge >= 0.3 is 0 Å². The fraction of sp³-hybridized carbons (Fsp3) is 0.208. The standard InChI is InChI=1S/C24H23FN2O5S/c1-16(18-5-12-22-23(15-18)32-14-2-13-31-22)26-24(28)17-3-10-21(11-4-17)33(29,30)27-20-8-6-19(25)7-9-20/h3-12,15-16,27H,2,13-14H2,1H3,(H,26,28). The van der Waals surface area contributed by atoms with Gasteiger partial charge in [-0.15, -0.1) is 0 Å². The molecule has 0 saturated heterocycles. The lowest BCUT2D eigenvalue weighted by atomic mass is 10.1. The van der Waals surface area contributed by atoms with Gasteiger partial charge in [-0.1, -0.05) is 6.07 Å². The smallest absolute Gasteiger partial charge is 0.261 e. The Bertz CT molecular complexity index is 1240. The number of halogens is 1. The summed E-state index contributed by atoms with van der Waals surface area (Å²) in [6.45, 7) is 3.02. The highest BCUT2D eigenvalue weighted by atomic mass is 32.2. The van der Waals surface area contributed by atoms with Crippen molar-refractivity contribution in [3.8, 4) is 11.5 Å². The first-order valence-electron chi connectivity index (χ1n) is 10.4. The van der Waals surface area contributed by atoms with Gasteiger partial charge in [-0.25, -0.2) is 12.8 Å². The van der Waals surface area contributed by atoms with Crippen LogP contribution in [0.4, 0.5) is 10.1 Å². The number of nitrogens with one attached hydrogen (secondary N) is 2. The maximum atomic E-state index is 13.0. The molecule has 1 atom stereocenters.